The summed E-state index contributed by atoms with van der Waals surface area (Å²) < 4.78 is 0. The van der Waals surface area contributed by atoms with Crippen molar-refractivity contribution in [2.75, 3.05) is 5.73 Å². The van der Waals surface area contributed by atoms with Crippen molar-refractivity contribution in [2.24, 2.45) is 0 Å². The van der Waals surface area contributed by atoms with Crippen LogP contribution in [0.3, 0.4) is 0 Å². The highest BCUT2D eigenvalue weighted by atomic mass is 35.5. The molecule has 2 aromatic rings. The van der Waals surface area contributed by atoms with Crippen molar-refractivity contribution in [2.45, 2.75) is 24.8 Å². The monoisotopic (exact) mass is 281 g/mol. The molecule has 0 unspecified atom stereocenters. The smallest absolute Gasteiger partial charge is 0.191 e. The molecule has 0 bridgehead atoms. The molecule has 0 aliphatic rings. The van der Waals surface area contributed by atoms with E-state index < -0.39 is 0 Å². The van der Waals surface area contributed by atoms with E-state index in [2.05, 4.69) is 19.9 Å². The van der Waals surface area contributed by atoms with E-state index >= 15 is 0 Å². The maximum Gasteiger partial charge on any atom is 0.191 e. The van der Waals surface area contributed by atoms with Crippen molar-refractivity contribution in [3.8, 4) is 0 Å². The standard InChI is InChI=1S/C11H12ClN5S/c1-6-3-8(15-7(2)14-6)5-18-11-16-9(12)4-10(13)17-11/h3-4H,5H2,1-2H3,(H2,13,16,17). The van der Waals surface area contributed by atoms with E-state index in [1.54, 1.807) is 0 Å². The first kappa shape index (κ1) is 13.0. The Hall–Kier alpha value is -1.40. The number of hydrogen-bond donors (Lipinski definition) is 1. The van der Waals surface area contributed by atoms with Crippen LogP contribution in [-0.4, -0.2) is 19.9 Å². The Bertz CT molecular complexity index is 483. The van der Waals surface area contributed by atoms with Gasteiger partial charge in [-0.3, -0.25) is 0 Å². The van der Waals surface area contributed by atoms with Crippen molar-refractivity contribution >= 4 is 29.2 Å². The summed E-state index contributed by atoms with van der Waals surface area (Å²) in [6.45, 7) is 3.81. The Morgan fingerprint density at radius 2 is 1.94 bits per heavy atom. The van der Waals surface area contributed by atoms with Crippen molar-refractivity contribution in [1.82, 2.24) is 19.9 Å². The number of nitrogens with zero attached hydrogens (tertiary/aromatic N) is 4. The third-order valence-electron chi connectivity index (χ3n) is 2.06. The minimum Gasteiger partial charge on any atom is -0.384 e. The van der Waals surface area contributed by atoms with Gasteiger partial charge in [-0.25, -0.2) is 19.9 Å². The molecule has 0 saturated carbocycles. The number of thioether (sulfide) groups is 1. The Kier molecular flexibility index (Phi) is 3.98. The number of rotatable bonds is 3. The molecule has 0 aliphatic heterocycles. The molecule has 18 heavy (non-hydrogen) atoms. The second kappa shape index (κ2) is 5.49. The van der Waals surface area contributed by atoms with Crippen LogP contribution >= 0.6 is 23.4 Å². The number of aryl methyl sites for hydroxylation is 2. The highest BCUT2D eigenvalue weighted by Crippen LogP contribution is 2.21. The Morgan fingerprint density at radius 3 is 2.61 bits per heavy atom. The van der Waals surface area contributed by atoms with Crippen LogP contribution in [0.25, 0.3) is 0 Å². The van der Waals surface area contributed by atoms with Crippen molar-refractivity contribution in [3.63, 3.8) is 0 Å². The zero-order valence-corrected chi connectivity index (χ0v) is 11.6. The van der Waals surface area contributed by atoms with Gasteiger partial charge in [0, 0.05) is 17.5 Å². The quantitative estimate of drug-likeness (QED) is 0.529. The number of hydrogen-bond acceptors (Lipinski definition) is 6. The largest absolute Gasteiger partial charge is 0.384 e. The molecule has 94 valence electrons. The summed E-state index contributed by atoms with van der Waals surface area (Å²) in [4.78, 5) is 16.8. The molecule has 0 aromatic carbocycles. The van der Waals surface area contributed by atoms with E-state index in [1.807, 2.05) is 19.9 Å². The van der Waals surface area contributed by atoms with Crippen LogP contribution in [0.4, 0.5) is 5.82 Å². The normalized spacial score (nSPS) is 10.6. The van der Waals surface area contributed by atoms with Gasteiger partial charge in [0.2, 0.25) is 0 Å². The van der Waals surface area contributed by atoms with Crippen LogP contribution < -0.4 is 5.73 Å². The summed E-state index contributed by atoms with van der Waals surface area (Å²) >= 11 is 7.25. The molecule has 0 amide bonds. The fourth-order valence-electron chi connectivity index (χ4n) is 1.48. The number of nitrogen functional groups attached to an aromatic ring is 1. The van der Waals surface area contributed by atoms with Gasteiger partial charge in [0.15, 0.2) is 5.16 Å². The molecule has 0 spiro atoms. The number of anilines is 1. The fourth-order valence-corrected chi connectivity index (χ4v) is 2.48. The van der Waals surface area contributed by atoms with Gasteiger partial charge in [-0.2, -0.15) is 0 Å². The average molecular weight is 282 g/mol. The van der Waals surface area contributed by atoms with Crippen LogP contribution in [0.5, 0.6) is 0 Å². The zero-order chi connectivity index (χ0) is 13.1. The van der Waals surface area contributed by atoms with Crippen LogP contribution in [0, 0.1) is 13.8 Å². The Morgan fingerprint density at radius 1 is 1.17 bits per heavy atom. The lowest BCUT2D eigenvalue weighted by Crippen LogP contribution is -1.98. The van der Waals surface area contributed by atoms with Crippen LogP contribution in [0.2, 0.25) is 5.15 Å². The molecule has 0 saturated heterocycles. The molecule has 0 fully saturated rings. The van der Waals surface area contributed by atoms with Crippen LogP contribution in [0.1, 0.15) is 17.2 Å². The van der Waals surface area contributed by atoms with Crippen LogP contribution in [-0.2, 0) is 5.75 Å². The second-order valence-electron chi connectivity index (χ2n) is 3.73. The van der Waals surface area contributed by atoms with Gasteiger partial charge in [0.05, 0.1) is 5.69 Å². The second-order valence-corrected chi connectivity index (χ2v) is 5.06. The Labute approximate surface area is 114 Å². The molecule has 2 rings (SSSR count). The molecule has 7 heteroatoms. The first-order chi connectivity index (χ1) is 8.52. The zero-order valence-electron chi connectivity index (χ0n) is 10.0. The average Bonchev–Trinajstić information content (AvgIpc) is 2.23. The fraction of sp³-hybridized carbons (Fsp3) is 0.273. The van der Waals surface area contributed by atoms with Gasteiger partial charge >= 0.3 is 0 Å². The Balaban J connectivity index is 2.11. The molecule has 2 heterocycles. The molecular formula is C11H12ClN5S. The number of nitrogens with two attached hydrogens (primary N) is 1. The van der Waals surface area contributed by atoms with E-state index in [0.29, 0.717) is 21.9 Å². The van der Waals surface area contributed by atoms with Gasteiger partial charge in [0.25, 0.3) is 0 Å². The summed E-state index contributed by atoms with van der Waals surface area (Å²) in [6.07, 6.45) is 0. The van der Waals surface area contributed by atoms with E-state index in [4.69, 9.17) is 17.3 Å². The molecular weight excluding hydrogens is 270 g/mol. The van der Waals surface area contributed by atoms with Gasteiger partial charge in [-0.15, -0.1) is 0 Å². The number of aromatic nitrogens is 4. The first-order valence-corrected chi connectivity index (χ1v) is 6.63. The molecule has 5 nitrogen and oxygen atoms in total. The summed E-state index contributed by atoms with van der Waals surface area (Å²) in [7, 11) is 0. The predicted molar refractivity (Wildman–Crippen MR) is 72.5 cm³/mol. The van der Waals surface area contributed by atoms with E-state index in [9.17, 15) is 0 Å². The summed E-state index contributed by atoms with van der Waals surface area (Å²) in [5, 5.41) is 0.897. The summed E-state index contributed by atoms with van der Waals surface area (Å²) in [5.41, 5.74) is 7.49. The molecule has 0 radical (unpaired) electrons. The highest BCUT2D eigenvalue weighted by Gasteiger charge is 2.05. The minimum absolute atomic E-state index is 0.347. The first-order valence-electron chi connectivity index (χ1n) is 5.27. The van der Waals surface area contributed by atoms with Gasteiger partial charge in [-0.05, 0) is 19.9 Å². The van der Waals surface area contributed by atoms with Gasteiger partial charge in [0.1, 0.15) is 16.8 Å². The predicted octanol–water partition coefficient (Wildman–Crippen LogP) is 2.41. The lowest BCUT2D eigenvalue weighted by atomic mass is 10.3. The lowest BCUT2D eigenvalue weighted by Gasteiger charge is -2.03. The third-order valence-corrected chi connectivity index (χ3v) is 3.14. The van der Waals surface area contributed by atoms with E-state index in [-0.39, 0.29) is 0 Å². The minimum atomic E-state index is 0.347. The molecule has 2 N–H and O–H groups in total. The molecule has 0 aliphatic carbocycles. The van der Waals surface area contributed by atoms with Gasteiger partial charge in [-0.1, -0.05) is 23.4 Å². The van der Waals surface area contributed by atoms with E-state index in [0.717, 1.165) is 17.2 Å². The topological polar surface area (TPSA) is 77.6 Å². The van der Waals surface area contributed by atoms with E-state index in [1.165, 1.54) is 17.8 Å². The highest BCUT2D eigenvalue weighted by molar-refractivity contribution is 7.98. The summed E-state index contributed by atoms with van der Waals surface area (Å²) in [5.74, 6) is 1.79. The van der Waals surface area contributed by atoms with Crippen molar-refractivity contribution in [1.29, 1.82) is 0 Å². The summed E-state index contributed by atoms with van der Waals surface area (Å²) in [6, 6.07) is 3.46. The maximum absolute atomic E-state index is 5.81. The molecule has 2 aromatic heterocycles. The third kappa shape index (κ3) is 3.54. The van der Waals surface area contributed by atoms with Gasteiger partial charge < -0.3 is 5.73 Å². The SMILES string of the molecule is Cc1cc(CSc2nc(N)cc(Cl)n2)nc(C)n1. The van der Waals surface area contributed by atoms with Crippen molar-refractivity contribution in [3.05, 3.63) is 34.5 Å². The maximum atomic E-state index is 5.81. The number of halogens is 1. The van der Waals surface area contributed by atoms with Crippen molar-refractivity contribution < 1.29 is 0 Å². The lowest BCUT2D eigenvalue weighted by molar-refractivity contribution is 0.954. The van der Waals surface area contributed by atoms with Crippen LogP contribution in [0.15, 0.2) is 17.3 Å². The molecule has 0 atom stereocenters.